The molecule has 5 heteroatoms. The highest BCUT2D eigenvalue weighted by Crippen LogP contribution is 2.24. The number of hydrazine groups is 1. The van der Waals surface area contributed by atoms with Gasteiger partial charge in [-0.2, -0.15) is 0 Å². The normalized spacial score (nSPS) is 14.2. The van der Waals surface area contributed by atoms with E-state index < -0.39 is 0 Å². The molecule has 1 rings (SSSR count). The summed E-state index contributed by atoms with van der Waals surface area (Å²) in [5.74, 6) is 8.92. The monoisotopic (exact) mass is 279 g/mol. The van der Waals surface area contributed by atoms with Crippen molar-refractivity contribution >= 4 is 11.6 Å². The SMILES string of the molecule is CCC(C)CC(C)Nc1nc(C(C)C)nc(NN)c1C. The minimum Gasteiger partial charge on any atom is -0.367 e. The Balaban J connectivity index is 2.95. The third-order valence-electron chi connectivity index (χ3n) is 3.65. The van der Waals surface area contributed by atoms with Gasteiger partial charge < -0.3 is 10.7 Å². The minimum absolute atomic E-state index is 0.271. The molecule has 2 unspecified atom stereocenters. The standard InChI is InChI=1S/C15H29N5/c1-7-10(4)8-11(5)17-14-12(6)15(20-16)19-13(18-14)9(2)3/h9-11H,7-8,16H2,1-6H3,(H2,17,18,19,20). The molecule has 0 aliphatic rings. The molecule has 1 aromatic heterocycles. The second kappa shape index (κ2) is 7.43. The number of nitrogens with one attached hydrogen (secondary N) is 2. The van der Waals surface area contributed by atoms with Gasteiger partial charge in [0.05, 0.1) is 0 Å². The highest BCUT2D eigenvalue weighted by molar-refractivity contribution is 5.57. The lowest BCUT2D eigenvalue weighted by molar-refractivity contribution is 0.483. The van der Waals surface area contributed by atoms with Crippen LogP contribution in [0.1, 0.15) is 64.8 Å². The number of nitrogens with zero attached hydrogens (tertiary/aromatic N) is 2. The van der Waals surface area contributed by atoms with Gasteiger partial charge >= 0.3 is 0 Å². The van der Waals surface area contributed by atoms with Crippen LogP contribution in [0.4, 0.5) is 11.6 Å². The van der Waals surface area contributed by atoms with Crippen molar-refractivity contribution in [3.05, 3.63) is 11.4 Å². The zero-order valence-electron chi connectivity index (χ0n) is 13.6. The molecule has 0 amide bonds. The Labute approximate surface area is 122 Å². The molecule has 4 N–H and O–H groups in total. The van der Waals surface area contributed by atoms with E-state index in [0.29, 0.717) is 17.8 Å². The molecular weight excluding hydrogens is 250 g/mol. The maximum atomic E-state index is 5.55. The number of nitrogens with two attached hydrogens (primary N) is 1. The summed E-state index contributed by atoms with van der Waals surface area (Å²) in [7, 11) is 0. The molecule has 0 saturated heterocycles. The summed E-state index contributed by atoms with van der Waals surface area (Å²) < 4.78 is 0. The van der Waals surface area contributed by atoms with Gasteiger partial charge in [0, 0.05) is 17.5 Å². The summed E-state index contributed by atoms with van der Waals surface area (Å²) >= 11 is 0. The van der Waals surface area contributed by atoms with Crippen LogP contribution in [-0.4, -0.2) is 16.0 Å². The van der Waals surface area contributed by atoms with E-state index >= 15 is 0 Å². The summed E-state index contributed by atoms with van der Waals surface area (Å²) in [5, 5.41) is 3.50. The molecule has 1 heterocycles. The van der Waals surface area contributed by atoms with Crippen molar-refractivity contribution in [2.24, 2.45) is 11.8 Å². The predicted molar refractivity (Wildman–Crippen MR) is 85.8 cm³/mol. The molecule has 0 bridgehead atoms. The van der Waals surface area contributed by atoms with E-state index in [9.17, 15) is 0 Å². The molecule has 114 valence electrons. The fourth-order valence-corrected chi connectivity index (χ4v) is 2.14. The van der Waals surface area contributed by atoms with Crippen LogP contribution in [0.3, 0.4) is 0 Å². The Kier molecular flexibility index (Phi) is 6.20. The molecular formula is C15H29N5. The van der Waals surface area contributed by atoms with Gasteiger partial charge in [-0.25, -0.2) is 15.8 Å². The van der Waals surface area contributed by atoms with E-state index in [2.05, 4.69) is 55.3 Å². The third kappa shape index (κ3) is 4.34. The fourth-order valence-electron chi connectivity index (χ4n) is 2.14. The van der Waals surface area contributed by atoms with Crippen LogP contribution in [0.25, 0.3) is 0 Å². The lowest BCUT2D eigenvalue weighted by atomic mass is 10.0. The van der Waals surface area contributed by atoms with E-state index in [1.165, 1.54) is 6.42 Å². The van der Waals surface area contributed by atoms with Gasteiger partial charge in [0.15, 0.2) is 0 Å². The number of aromatic nitrogens is 2. The first-order valence-corrected chi connectivity index (χ1v) is 7.50. The van der Waals surface area contributed by atoms with Crippen molar-refractivity contribution < 1.29 is 0 Å². The average molecular weight is 279 g/mol. The molecule has 0 spiro atoms. The van der Waals surface area contributed by atoms with Gasteiger partial charge in [0.1, 0.15) is 17.5 Å². The van der Waals surface area contributed by atoms with Crippen LogP contribution in [0, 0.1) is 12.8 Å². The number of anilines is 2. The summed E-state index contributed by atoms with van der Waals surface area (Å²) in [5.41, 5.74) is 3.63. The lowest BCUT2D eigenvalue weighted by Crippen LogP contribution is -2.22. The van der Waals surface area contributed by atoms with Crippen LogP contribution < -0.4 is 16.6 Å². The third-order valence-corrected chi connectivity index (χ3v) is 3.65. The highest BCUT2D eigenvalue weighted by atomic mass is 15.3. The van der Waals surface area contributed by atoms with E-state index in [0.717, 1.165) is 23.6 Å². The van der Waals surface area contributed by atoms with Gasteiger partial charge in [-0.05, 0) is 26.2 Å². The van der Waals surface area contributed by atoms with Gasteiger partial charge in [0.25, 0.3) is 0 Å². The number of nitrogen functional groups attached to an aromatic ring is 1. The molecule has 0 aliphatic heterocycles. The Morgan fingerprint density at radius 2 is 1.70 bits per heavy atom. The fraction of sp³-hybridized carbons (Fsp3) is 0.733. The average Bonchev–Trinajstić information content (AvgIpc) is 2.40. The maximum absolute atomic E-state index is 5.55. The van der Waals surface area contributed by atoms with Gasteiger partial charge in [-0.3, -0.25) is 0 Å². The maximum Gasteiger partial charge on any atom is 0.148 e. The molecule has 0 fully saturated rings. The summed E-state index contributed by atoms with van der Waals surface area (Å²) in [6.07, 6.45) is 2.32. The smallest absolute Gasteiger partial charge is 0.148 e. The molecule has 0 radical (unpaired) electrons. The Morgan fingerprint density at radius 3 is 2.20 bits per heavy atom. The zero-order valence-corrected chi connectivity index (χ0v) is 13.6. The Hall–Kier alpha value is -1.36. The van der Waals surface area contributed by atoms with Gasteiger partial charge in [0.2, 0.25) is 0 Å². The molecule has 0 aromatic carbocycles. The summed E-state index contributed by atoms with van der Waals surface area (Å²) in [6.45, 7) is 12.8. The van der Waals surface area contributed by atoms with Crippen LogP contribution >= 0.6 is 0 Å². The van der Waals surface area contributed by atoms with Crippen molar-refractivity contribution in [1.29, 1.82) is 0 Å². The molecule has 2 atom stereocenters. The first-order valence-electron chi connectivity index (χ1n) is 7.50. The van der Waals surface area contributed by atoms with Crippen molar-refractivity contribution in [1.82, 2.24) is 9.97 Å². The lowest BCUT2D eigenvalue weighted by Gasteiger charge is -2.21. The predicted octanol–water partition coefficient (Wildman–Crippen LogP) is 3.43. The Bertz CT molecular complexity index is 431. The van der Waals surface area contributed by atoms with Crippen LogP contribution in [0.5, 0.6) is 0 Å². The van der Waals surface area contributed by atoms with E-state index in [4.69, 9.17) is 5.84 Å². The molecule has 1 aromatic rings. The molecule has 5 nitrogen and oxygen atoms in total. The Morgan fingerprint density at radius 1 is 1.10 bits per heavy atom. The van der Waals surface area contributed by atoms with Crippen LogP contribution in [0.15, 0.2) is 0 Å². The molecule has 0 aliphatic carbocycles. The molecule has 20 heavy (non-hydrogen) atoms. The largest absolute Gasteiger partial charge is 0.367 e. The molecule has 0 saturated carbocycles. The number of hydrogen-bond donors (Lipinski definition) is 3. The first-order chi connectivity index (χ1) is 9.38. The number of rotatable bonds is 7. The van der Waals surface area contributed by atoms with Gasteiger partial charge in [-0.15, -0.1) is 0 Å². The first kappa shape index (κ1) is 16.7. The van der Waals surface area contributed by atoms with Crippen molar-refractivity contribution in [3.8, 4) is 0 Å². The highest BCUT2D eigenvalue weighted by Gasteiger charge is 2.15. The second-order valence-corrected chi connectivity index (χ2v) is 6.00. The van der Waals surface area contributed by atoms with E-state index in [-0.39, 0.29) is 5.92 Å². The van der Waals surface area contributed by atoms with Crippen LogP contribution in [0.2, 0.25) is 0 Å². The minimum atomic E-state index is 0.271. The van der Waals surface area contributed by atoms with Crippen molar-refractivity contribution in [3.63, 3.8) is 0 Å². The second-order valence-electron chi connectivity index (χ2n) is 6.00. The quantitative estimate of drug-likeness (QED) is 0.526. The summed E-state index contributed by atoms with van der Waals surface area (Å²) in [4.78, 5) is 9.08. The van der Waals surface area contributed by atoms with Crippen molar-refractivity contribution in [2.75, 3.05) is 10.7 Å². The summed E-state index contributed by atoms with van der Waals surface area (Å²) in [6, 6.07) is 0.379. The topological polar surface area (TPSA) is 75.9 Å². The van der Waals surface area contributed by atoms with Gasteiger partial charge in [-0.1, -0.05) is 34.1 Å². The van der Waals surface area contributed by atoms with Crippen molar-refractivity contribution in [2.45, 2.75) is 66.3 Å². The van der Waals surface area contributed by atoms with E-state index in [1.54, 1.807) is 0 Å². The van der Waals surface area contributed by atoms with Crippen LogP contribution in [-0.2, 0) is 0 Å². The van der Waals surface area contributed by atoms with E-state index in [1.807, 2.05) is 6.92 Å². The zero-order chi connectivity index (χ0) is 15.3. The number of hydrogen-bond acceptors (Lipinski definition) is 5.